The van der Waals surface area contributed by atoms with E-state index >= 15 is 0 Å². The first-order valence-electron chi connectivity index (χ1n) is 11.6. The average Bonchev–Trinajstić information content (AvgIpc) is 3.15. The van der Waals surface area contributed by atoms with Crippen LogP contribution in [0.3, 0.4) is 0 Å². The maximum Gasteiger partial charge on any atom is 0.254 e. The zero-order valence-electron chi connectivity index (χ0n) is 20.8. The van der Waals surface area contributed by atoms with E-state index < -0.39 is 0 Å². The van der Waals surface area contributed by atoms with Crippen LogP contribution in [0.15, 0.2) is 23.0 Å². The Morgan fingerprint density at radius 1 is 1.03 bits per heavy atom. The third-order valence-corrected chi connectivity index (χ3v) is 6.69. The van der Waals surface area contributed by atoms with Gasteiger partial charge in [-0.25, -0.2) is 0 Å². The Morgan fingerprint density at radius 2 is 1.69 bits per heavy atom. The molecule has 0 saturated carbocycles. The fourth-order valence-corrected chi connectivity index (χ4v) is 4.76. The van der Waals surface area contributed by atoms with Gasteiger partial charge in [-0.15, -0.1) is 0 Å². The van der Waals surface area contributed by atoms with Crippen molar-refractivity contribution >= 4 is 22.8 Å². The number of amides is 2. The fourth-order valence-electron chi connectivity index (χ4n) is 4.76. The Kier molecular flexibility index (Phi) is 6.81. The van der Waals surface area contributed by atoms with Crippen molar-refractivity contribution in [1.29, 1.82) is 0 Å². The van der Waals surface area contributed by atoms with E-state index in [1.165, 1.54) is 7.11 Å². The summed E-state index contributed by atoms with van der Waals surface area (Å²) in [4.78, 5) is 44.9. The first-order valence-corrected chi connectivity index (χ1v) is 11.6. The number of carbonyl (C=O) groups excluding carboxylic acids is 2. The summed E-state index contributed by atoms with van der Waals surface area (Å²) in [5.74, 6) is 0.925. The zero-order valence-corrected chi connectivity index (χ0v) is 20.8. The molecule has 2 amide bonds. The number of ether oxygens (including phenoxy) is 2. The lowest BCUT2D eigenvalue weighted by atomic mass is 10.0. The van der Waals surface area contributed by atoms with E-state index in [1.807, 2.05) is 13.8 Å². The Hall–Kier alpha value is -3.82. The Labute approximate surface area is 203 Å². The van der Waals surface area contributed by atoms with E-state index in [-0.39, 0.29) is 23.8 Å². The number of methoxy groups -OCH3 is 2. The molecule has 0 radical (unpaired) electrons. The molecule has 1 aliphatic heterocycles. The van der Waals surface area contributed by atoms with E-state index in [9.17, 15) is 14.4 Å². The van der Waals surface area contributed by atoms with Crippen molar-refractivity contribution in [3.8, 4) is 11.5 Å². The Morgan fingerprint density at radius 3 is 2.34 bits per heavy atom. The van der Waals surface area contributed by atoms with Crippen molar-refractivity contribution in [3.05, 3.63) is 50.9 Å². The Bertz CT molecular complexity index is 1330. The largest absolute Gasteiger partial charge is 0.493 e. The first kappa shape index (κ1) is 24.3. The summed E-state index contributed by atoms with van der Waals surface area (Å²) in [5.41, 5.74) is 3.35. The molecule has 0 spiro atoms. The van der Waals surface area contributed by atoms with Crippen LogP contribution < -0.4 is 15.0 Å². The smallest absolute Gasteiger partial charge is 0.254 e. The van der Waals surface area contributed by atoms with Gasteiger partial charge in [-0.3, -0.25) is 19.1 Å². The number of H-pyrrole nitrogens is 1. The lowest BCUT2D eigenvalue weighted by Crippen LogP contribution is -2.50. The standard InChI is InChI=1S/C25H31N5O5/c1-15-18(24(32)26-23-22(15)16(2)27-28(23)3)7-9-21(31)29-10-12-30(13-11-29)25(33)17-6-8-19(34-4)20(14-17)35-5/h6,8,14H,7,9-13H2,1-5H3,(H,26,32). The van der Waals surface area contributed by atoms with Gasteiger partial charge in [0.05, 0.1) is 19.9 Å². The molecular weight excluding hydrogens is 450 g/mol. The van der Waals surface area contributed by atoms with Crippen LogP contribution in [0.5, 0.6) is 11.5 Å². The van der Waals surface area contributed by atoms with Crippen LogP contribution >= 0.6 is 0 Å². The quantitative estimate of drug-likeness (QED) is 0.575. The number of pyridine rings is 1. The van der Waals surface area contributed by atoms with E-state index in [0.29, 0.717) is 60.9 Å². The maximum atomic E-state index is 12.9. The molecule has 1 aliphatic rings. The second-order valence-electron chi connectivity index (χ2n) is 8.73. The molecule has 0 aliphatic carbocycles. The van der Waals surface area contributed by atoms with Gasteiger partial charge in [0.15, 0.2) is 11.5 Å². The van der Waals surface area contributed by atoms with Crippen LogP contribution in [-0.4, -0.2) is 76.8 Å². The SMILES string of the molecule is COc1ccc(C(=O)N2CCN(C(=O)CCc3c(C)c4c(C)nn(C)c4[nH]c3=O)CC2)cc1OC. The molecular formula is C25H31N5O5. The van der Waals surface area contributed by atoms with E-state index in [0.717, 1.165) is 16.6 Å². The van der Waals surface area contributed by atoms with Crippen molar-refractivity contribution in [3.63, 3.8) is 0 Å². The third-order valence-electron chi connectivity index (χ3n) is 6.69. The number of nitrogens with zero attached hydrogens (tertiary/aromatic N) is 4. The number of hydrogen-bond acceptors (Lipinski definition) is 6. The van der Waals surface area contributed by atoms with Crippen molar-refractivity contribution in [2.75, 3.05) is 40.4 Å². The van der Waals surface area contributed by atoms with E-state index in [2.05, 4.69) is 10.1 Å². The second kappa shape index (κ2) is 9.81. The topological polar surface area (TPSA) is 110 Å². The van der Waals surface area contributed by atoms with Gasteiger partial charge in [0, 0.05) is 56.2 Å². The number of rotatable bonds is 6. The Balaban J connectivity index is 1.37. The summed E-state index contributed by atoms with van der Waals surface area (Å²) >= 11 is 0. The van der Waals surface area contributed by atoms with Crippen molar-refractivity contribution in [2.24, 2.45) is 7.05 Å². The zero-order chi connectivity index (χ0) is 25.3. The number of aromatic nitrogens is 3. The van der Waals surface area contributed by atoms with Gasteiger partial charge in [0.1, 0.15) is 5.65 Å². The van der Waals surface area contributed by atoms with E-state index in [4.69, 9.17) is 9.47 Å². The van der Waals surface area contributed by atoms with Crippen LogP contribution in [0, 0.1) is 13.8 Å². The minimum absolute atomic E-state index is 0.0231. The van der Waals surface area contributed by atoms with Crippen molar-refractivity contribution in [1.82, 2.24) is 24.6 Å². The van der Waals surface area contributed by atoms with Crippen LogP contribution in [0.4, 0.5) is 0 Å². The number of piperazine rings is 1. The number of benzene rings is 1. The molecule has 10 heteroatoms. The molecule has 35 heavy (non-hydrogen) atoms. The molecule has 3 aromatic rings. The van der Waals surface area contributed by atoms with Crippen molar-refractivity contribution < 1.29 is 19.1 Å². The molecule has 3 heterocycles. The average molecular weight is 482 g/mol. The van der Waals surface area contributed by atoms with Gasteiger partial charge in [0.2, 0.25) is 5.91 Å². The minimum atomic E-state index is -0.184. The number of nitrogens with one attached hydrogen (secondary N) is 1. The molecule has 186 valence electrons. The molecule has 2 aromatic heterocycles. The highest BCUT2D eigenvalue weighted by atomic mass is 16.5. The molecule has 0 bridgehead atoms. The van der Waals surface area contributed by atoms with Crippen molar-refractivity contribution in [2.45, 2.75) is 26.7 Å². The van der Waals surface area contributed by atoms with Crippen LogP contribution in [0.25, 0.3) is 11.0 Å². The molecule has 0 atom stereocenters. The van der Waals surface area contributed by atoms with E-state index in [1.54, 1.807) is 46.8 Å². The fraction of sp³-hybridized carbons (Fsp3) is 0.440. The molecule has 4 rings (SSSR count). The summed E-state index contributed by atoms with van der Waals surface area (Å²) in [5, 5.41) is 5.32. The highest BCUT2D eigenvalue weighted by Gasteiger charge is 2.26. The molecule has 1 fully saturated rings. The van der Waals surface area contributed by atoms with Crippen LogP contribution in [-0.2, 0) is 18.3 Å². The highest BCUT2D eigenvalue weighted by molar-refractivity contribution is 5.95. The summed E-state index contributed by atoms with van der Waals surface area (Å²) in [6.07, 6.45) is 0.591. The molecule has 1 N–H and O–H groups in total. The summed E-state index contributed by atoms with van der Waals surface area (Å²) in [7, 11) is 4.87. The lowest BCUT2D eigenvalue weighted by Gasteiger charge is -2.35. The summed E-state index contributed by atoms with van der Waals surface area (Å²) in [6, 6.07) is 5.08. The number of aryl methyl sites for hydroxylation is 3. The number of fused-ring (bicyclic) bond motifs is 1. The van der Waals surface area contributed by atoms with Gasteiger partial charge in [0.25, 0.3) is 11.5 Å². The molecule has 1 aromatic carbocycles. The number of hydrogen-bond donors (Lipinski definition) is 1. The lowest BCUT2D eigenvalue weighted by molar-refractivity contribution is -0.132. The van der Waals surface area contributed by atoms with Gasteiger partial charge >= 0.3 is 0 Å². The predicted molar refractivity (Wildman–Crippen MR) is 131 cm³/mol. The third kappa shape index (κ3) is 4.60. The first-order chi connectivity index (χ1) is 16.7. The summed E-state index contributed by atoms with van der Waals surface area (Å²) in [6.45, 7) is 5.61. The van der Waals surface area contributed by atoms with Gasteiger partial charge in [-0.2, -0.15) is 5.10 Å². The second-order valence-corrected chi connectivity index (χ2v) is 8.73. The van der Waals surface area contributed by atoms with Crippen LogP contribution in [0.2, 0.25) is 0 Å². The van der Waals surface area contributed by atoms with Gasteiger partial charge < -0.3 is 24.3 Å². The maximum absolute atomic E-state index is 12.9. The number of aromatic amines is 1. The highest BCUT2D eigenvalue weighted by Crippen LogP contribution is 2.28. The molecule has 1 saturated heterocycles. The molecule has 0 unspecified atom stereocenters. The summed E-state index contributed by atoms with van der Waals surface area (Å²) < 4.78 is 12.2. The van der Waals surface area contributed by atoms with Gasteiger partial charge in [-0.1, -0.05) is 0 Å². The minimum Gasteiger partial charge on any atom is -0.493 e. The normalized spacial score (nSPS) is 13.9. The number of carbonyl (C=O) groups is 2. The van der Waals surface area contributed by atoms with Crippen LogP contribution in [0.1, 0.15) is 33.6 Å². The van der Waals surface area contributed by atoms with Gasteiger partial charge in [-0.05, 0) is 44.0 Å². The molecule has 10 nitrogen and oxygen atoms in total. The monoisotopic (exact) mass is 481 g/mol. The predicted octanol–water partition coefficient (Wildman–Crippen LogP) is 1.81.